The van der Waals surface area contributed by atoms with E-state index in [-0.39, 0.29) is 18.3 Å². The van der Waals surface area contributed by atoms with Crippen LogP contribution in [0, 0.1) is 17.8 Å². The fraction of sp³-hybridized carbons (Fsp3) is 0.571. The third-order valence-corrected chi connectivity index (χ3v) is 4.82. The van der Waals surface area contributed by atoms with E-state index in [1.54, 1.807) is 13.0 Å². The standard InChI is InChI=1S/C21H28O5/c1-3-4-7-14(2)18(22)11-10-16-17-12-15(8-5-6-9-21(24)25)26-20(17)13-19(16)23/h10-12,14,16,18-19,22-23H,5-9,13H2,1-2H3,(H,24,25)/b11-10+/t14?,16-,18+,19-/m1/s1. The first-order chi connectivity index (χ1) is 12.4. The van der Waals surface area contributed by atoms with Gasteiger partial charge in [-0.3, -0.25) is 4.79 Å². The maximum Gasteiger partial charge on any atom is 0.303 e. The van der Waals surface area contributed by atoms with Gasteiger partial charge in [0.1, 0.15) is 11.5 Å². The molecule has 0 bridgehead atoms. The molecule has 2 rings (SSSR count). The number of aliphatic carboxylic acids is 1. The Balaban J connectivity index is 1.96. The zero-order valence-electron chi connectivity index (χ0n) is 15.4. The summed E-state index contributed by atoms with van der Waals surface area (Å²) in [4.78, 5) is 10.5. The van der Waals surface area contributed by atoms with E-state index in [4.69, 9.17) is 9.52 Å². The number of carbonyl (C=O) groups is 1. The number of aryl methyl sites for hydroxylation is 1. The van der Waals surface area contributed by atoms with Crippen molar-refractivity contribution in [3.05, 3.63) is 35.3 Å². The van der Waals surface area contributed by atoms with E-state index in [9.17, 15) is 15.0 Å². The Morgan fingerprint density at radius 2 is 2.23 bits per heavy atom. The molecule has 0 amide bonds. The van der Waals surface area contributed by atoms with Crippen LogP contribution in [0.4, 0.5) is 0 Å². The maximum absolute atomic E-state index is 10.5. The summed E-state index contributed by atoms with van der Waals surface area (Å²) in [5, 5.41) is 29.2. The van der Waals surface area contributed by atoms with Crippen molar-refractivity contribution in [1.29, 1.82) is 0 Å². The molecule has 0 fully saturated rings. The molecule has 1 heterocycles. The summed E-state index contributed by atoms with van der Waals surface area (Å²) in [6, 6.07) is 1.96. The molecular weight excluding hydrogens is 332 g/mol. The van der Waals surface area contributed by atoms with Crippen molar-refractivity contribution < 1.29 is 24.5 Å². The summed E-state index contributed by atoms with van der Waals surface area (Å²) in [5.41, 5.74) is 0.968. The minimum Gasteiger partial charge on any atom is -0.481 e. The number of carboxylic acids is 1. The van der Waals surface area contributed by atoms with Crippen LogP contribution in [0.5, 0.6) is 0 Å². The van der Waals surface area contributed by atoms with Crippen molar-refractivity contribution in [2.45, 2.75) is 70.5 Å². The largest absolute Gasteiger partial charge is 0.481 e. The molecule has 142 valence electrons. The first kappa shape index (κ1) is 20.3. The number of carboxylic acid groups (broad SMARTS) is 1. The van der Waals surface area contributed by atoms with Gasteiger partial charge >= 0.3 is 5.97 Å². The van der Waals surface area contributed by atoms with Crippen molar-refractivity contribution in [1.82, 2.24) is 0 Å². The quantitative estimate of drug-likeness (QED) is 0.358. The van der Waals surface area contributed by atoms with E-state index in [1.807, 2.05) is 19.1 Å². The number of hydrogen-bond acceptors (Lipinski definition) is 4. The minimum atomic E-state index is -0.780. The molecule has 1 aliphatic rings. The van der Waals surface area contributed by atoms with Gasteiger partial charge in [-0.15, -0.1) is 11.8 Å². The van der Waals surface area contributed by atoms with Gasteiger partial charge in [0, 0.05) is 37.2 Å². The predicted octanol–water partition coefficient (Wildman–Crippen LogP) is 3.04. The van der Waals surface area contributed by atoms with Gasteiger partial charge in [0.25, 0.3) is 0 Å². The highest BCUT2D eigenvalue weighted by molar-refractivity contribution is 5.66. The average molecular weight is 360 g/mol. The normalized spacial score (nSPS) is 21.2. The molecule has 0 saturated carbocycles. The molecule has 0 aliphatic heterocycles. The minimum absolute atomic E-state index is 0.0332. The third-order valence-electron chi connectivity index (χ3n) is 4.82. The Labute approximate surface area is 154 Å². The lowest BCUT2D eigenvalue weighted by Crippen LogP contribution is -2.16. The topological polar surface area (TPSA) is 90.9 Å². The summed E-state index contributed by atoms with van der Waals surface area (Å²) in [6.07, 6.45) is 5.80. The highest BCUT2D eigenvalue weighted by atomic mass is 16.4. The van der Waals surface area contributed by atoms with Crippen LogP contribution in [-0.2, 0) is 17.6 Å². The molecule has 26 heavy (non-hydrogen) atoms. The Morgan fingerprint density at radius 3 is 2.92 bits per heavy atom. The lowest BCUT2D eigenvalue weighted by Gasteiger charge is -2.15. The number of aliphatic hydroxyl groups is 2. The van der Waals surface area contributed by atoms with Crippen LogP contribution in [0.2, 0.25) is 0 Å². The summed E-state index contributed by atoms with van der Waals surface area (Å²) in [7, 11) is 0. The van der Waals surface area contributed by atoms with Gasteiger partial charge in [-0.25, -0.2) is 0 Å². The van der Waals surface area contributed by atoms with E-state index in [0.29, 0.717) is 25.7 Å². The summed E-state index contributed by atoms with van der Waals surface area (Å²) in [6.45, 7) is 3.73. The first-order valence-electron chi connectivity index (χ1n) is 9.19. The Morgan fingerprint density at radius 1 is 1.46 bits per heavy atom. The number of hydrogen-bond donors (Lipinski definition) is 3. The number of fused-ring (bicyclic) bond motifs is 1. The van der Waals surface area contributed by atoms with E-state index in [0.717, 1.165) is 23.5 Å². The summed E-state index contributed by atoms with van der Waals surface area (Å²) < 4.78 is 5.82. The maximum atomic E-state index is 10.5. The van der Waals surface area contributed by atoms with E-state index < -0.39 is 18.2 Å². The summed E-state index contributed by atoms with van der Waals surface area (Å²) >= 11 is 0. The lowest BCUT2D eigenvalue weighted by atomic mass is 9.96. The molecule has 4 atom stereocenters. The second-order valence-electron chi connectivity index (χ2n) is 6.97. The molecule has 0 spiro atoms. The smallest absolute Gasteiger partial charge is 0.303 e. The fourth-order valence-corrected chi connectivity index (χ4v) is 3.20. The molecule has 1 aliphatic carbocycles. The molecule has 1 aromatic rings. The zero-order chi connectivity index (χ0) is 19.1. The van der Waals surface area contributed by atoms with Crippen LogP contribution in [0.3, 0.4) is 0 Å². The fourth-order valence-electron chi connectivity index (χ4n) is 3.20. The predicted molar refractivity (Wildman–Crippen MR) is 98.7 cm³/mol. The Hall–Kier alpha value is -2.03. The Bertz CT molecular complexity index is 691. The first-order valence-corrected chi connectivity index (χ1v) is 9.19. The molecule has 0 aromatic carbocycles. The Kier molecular flexibility index (Phi) is 7.50. The van der Waals surface area contributed by atoms with Gasteiger partial charge in [0.05, 0.1) is 12.2 Å². The van der Waals surface area contributed by atoms with Crippen LogP contribution in [-0.4, -0.2) is 33.5 Å². The van der Waals surface area contributed by atoms with Gasteiger partial charge in [0.2, 0.25) is 0 Å². The molecule has 0 saturated heterocycles. The summed E-state index contributed by atoms with van der Waals surface area (Å²) in [5.74, 6) is 6.50. The highest BCUT2D eigenvalue weighted by Gasteiger charge is 2.33. The van der Waals surface area contributed by atoms with Gasteiger partial charge in [-0.1, -0.05) is 19.1 Å². The van der Waals surface area contributed by atoms with Gasteiger partial charge in [-0.2, -0.15) is 0 Å². The number of furan rings is 1. The molecule has 5 nitrogen and oxygen atoms in total. The van der Waals surface area contributed by atoms with Crippen LogP contribution >= 0.6 is 0 Å². The van der Waals surface area contributed by atoms with Gasteiger partial charge in [-0.05, 0) is 31.7 Å². The molecule has 3 N–H and O–H groups in total. The van der Waals surface area contributed by atoms with Crippen LogP contribution in [0.1, 0.15) is 62.5 Å². The second-order valence-corrected chi connectivity index (χ2v) is 6.97. The van der Waals surface area contributed by atoms with Gasteiger partial charge < -0.3 is 19.7 Å². The average Bonchev–Trinajstić information content (AvgIpc) is 3.10. The lowest BCUT2D eigenvalue weighted by molar-refractivity contribution is -0.137. The second kappa shape index (κ2) is 9.61. The molecule has 5 heteroatoms. The van der Waals surface area contributed by atoms with Crippen LogP contribution < -0.4 is 0 Å². The van der Waals surface area contributed by atoms with Crippen LogP contribution in [0.25, 0.3) is 0 Å². The van der Waals surface area contributed by atoms with Crippen molar-refractivity contribution in [2.24, 2.45) is 5.92 Å². The van der Waals surface area contributed by atoms with Crippen LogP contribution in [0.15, 0.2) is 22.6 Å². The molecular formula is C21H28O5. The monoisotopic (exact) mass is 360 g/mol. The number of unbranched alkanes of at least 4 members (excludes halogenated alkanes) is 1. The van der Waals surface area contributed by atoms with E-state index in [2.05, 4.69) is 11.8 Å². The number of rotatable bonds is 9. The molecule has 1 aromatic heterocycles. The van der Waals surface area contributed by atoms with E-state index in [1.165, 1.54) is 0 Å². The van der Waals surface area contributed by atoms with Crippen molar-refractivity contribution in [3.8, 4) is 11.8 Å². The number of aliphatic hydroxyl groups excluding tert-OH is 2. The third kappa shape index (κ3) is 5.48. The zero-order valence-corrected chi connectivity index (χ0v) is 15.4. The molecule has 1 unspecified atom stereocenters. The molecule has 0 radical (unpaired) electrons. The van der Waals surface area contributed by atoms with Crippen molar-refractivity contribution in [2.75, 3.05) is 0 Å². The SMILES string of the molecule is CC#CCC(C)[C@@H](O)/C=C/[C@@H]1c2cc(CCCCC(=O)O)oc2C[C@H]1O. The highest BCUT2D eigenvalue weighted by Crippen LogP contribution is 2.37. The van der Waals surface area contributed by atoms with E-state index >= 15 is 0 Å². The van der Waals surface area contributed by atoms with Crippen molar-refractivity contribution >= 4 is 5.97 Å². The van der Waals surface area contributed by atoms with Gasteiger partial charge in [0.15, 0.2) is 0 Å². The van der Waals surface area contributed by atoms with Crippen molar-refractivity contribution in [3.63, 3.8) is 0 Å².